The Morgan fingerprint density at radius 1 is 1.21 bits per heavy atom. The van der Waals surface area contributed by atoms with Crippen LogP contribution in [0.2, 0.25) is 0 Å². The highest BCUT2D eigenvalue weighted by atomic mass is 15.1. The summed E-state index contributed by atoms with van der Waals surface area (Å²) in [7, 11) is 0. The van der Waals surface area contributed by atoms with Gasteiger partial charge < -0.3 is 10.6 Å². The van der Waals surface area contributed by atoms with E-state index in [1.54, 1.807) is 18.6 Å². The van der Waals surface area contributed by atoms with Crippen LogP contribution in [-0.2, 0) is 0 Å². The lowest BCUT2D eigenvalue weighted by Crippen LogP contribution is -2.46. The van der Waals surface area contributed by atoms with Crippen LogP contribution in [0.15, 0.2) is 31.0 Å². The predicted octanol–water partition coefficient (Wildman–Crippen LogP) is 2.05. The van der Waals surface area contributed by atoms with E-state index in [1.165, 1.54) is 6.42 Å². The maximum absolute atomic E-state index is 4.74. The number of anilines is 1. The van der Waals surface area contributed by atoms with Crippen molar-refractivity contribution in [3.05, 3.63) is 36.7 Å². The largest absolute Gasteiger partial charge is 0.364 e. The molecule has 1 saturated heterocycles. The third kappa shape index (κ3) is 2.82. The zero-order valence-corrected chi connectivity index (χ0v) is 13.9. The molecular weight excluding hydrogens is 302 g/mol. The molecule has 4 heterocycles. The number of nitrogens with zero attached hydrogens (tertiary/aromatic N) is 5. The van der Waals surface area contributed by atoms with E-state index in [0.29, 0.717) is 12.1 Å². The Hall–Kier alpha value is -2.54. The number of piperidine rings is 1. The Bertz CT molecular complexity index is 857. The second kappa shape index (κ2) is 6.16. The standard InChI is InChI=1S/C17H21N7/c1-11-10-24-15(7-21-17(24)9-20-11)14-6-18-8-16(23-14)22-13-4-3-5-19-12(13)2/h6-10,12-13,19H,3-5H2,1-2H3,(H,22,23)/t12-,13-/m1/s1. The lowest BCUT2D eigenvalue weighted by molar-refractivity contribution is 0.388. The monoisotopic (exact) mass is 323 g/mol. The van der Waals surface area contributed by atoms with Gasteiger partial charge in [-0.1, -0.05) is 0 Å². The van der Waals surface area contributed by atoms with Crippen molar-refractivity contribution in [1.82, 2.24) is 29.7 Å². The molecule has 2 atom stereocenters. The fraction of sp³-hybridized carbons (Fsp3) is 0.412. The molecule has 0 unspecified atom stereocenters. The van der Waals surface area contributed by atoms with Gasteiger partial charge in [-0.15, -0.1) is 0 Å². The molecule has 0 saturated carbocycles. The van der Waals surface area contributed by atoms with Crippen LogP contribution in [0.25, 0.3) is 17.0 Å². The van der Waals surface area contributed by atoms with E-state index >= 15 is 0 Å². The van der Waals surface area contributed by atoms with Gasteiger partial charge in [0, 0.05) is 18.3 Å². The van der Waals surface area contributed by atoms with Gasteiger partial charge >= 0.3 is 0 Å². The average Bonchev–Trinajstić information content (AvgIpc) is 3.00. The number of nitrogens with one attached hydrogen (secondary N) is 2. The lowest BCUT2D eigenvalue weighted by Gasteiger charge is -2.30. The molecule has 24 heavy (non-hydrogen) atoms. The Morgan fingerprint density at radius 2 is 2.12 bits per heavy atom. The van der Waals surface area contributed by atoms with Crippen LogP contribution in [0, 0.1) is 6.92 Å². The maximum atomic E-state index is 4.74. The average molecular weight is 323 g/mol. The van der Waals surface area contributed by atoms with Gasteiger partial charge in [0.25, 0.3) is 0 Å². The molecule has 1 aliphatic rings. The summed E-state index contributed by atoms with van der Waals surface area (Å²) in [5.41, 5.74) is 3.46. The molecule has 0 spiro atoms. The number of aromatic nitrogens is 5. The van der Waals surface area contributed by atoms with Crippen molar-refractivity contribution in [2.75, 3.05) is 11.9 Å². The summed E-state index contributed by atoms with van der Waals surface area (Å²) < 4.78 is 2.00. The van der Waals surface area contributed by atoms with E-state index in [9.17, 15) is 0 Å². The topological polar surface area (TPSA) is 80.0 Å². The molecule has 1 fully saturated rings. The zero-order valence-electron chi connectivity index (χ0n) is 13.9. The van der Waals surface area contributed by atoms with E-state index in [4.69, 9.17) is 4.98 Å². The van der Waals surface area contributed by atoms with E-state index < -0.39 is 0 Å². The molecule has 3 aromatic heterocycles. The molecule has 4 rings (SSSR count). The summed E-state index contributed by atoms with van der Waals surface area (Å²) in [5.74, 6) is 0.800. The number of imidazole rings is 1. The molecule has 2 N–H and O–H groups in total. The fourth-order valence-corrected chi connectivity index (χ4v) is 3.17. The Kier molecular flexibility index (Phi) is 3.86. The highest BCUT2D eigenvalue weighted by Crippen LogP contribution is 2.21. The zero-order chi connectivity index (χ0) is 16.5. The quantitative estimate of drug-likeness (QED) is 0.768. The molecule has 7 heteroatoms. The summed E-state index contributed by atoms with van der Waals surface area (Å²) in [6, 6.07) is 0.797. The molecule has 0 aliphatic carbocycles. The molecular formula is C17H21N7. The van der Waals surface area contributed by atoms with Crippen LogP contribution in [-0.4, -0.2) is 43.0 Å². The number of rotatable bonds is 3. The second-order valence-corrected chi connectivity index (χ2v) is 6.33. The Labute approximate surface area is 140 Å². The molecule has 3 aromatic rings. The van der Waals surface area contributed by atoms with Crippen molar-refractivity contribution >= 4 is 11.5 Å². The summed E-state index contributed by atoms with van der Waals surface area (Å²) in [4.78, 5) is 17.8. The normalized spacial score (nSPS) is 21.1. The molecule has 0 radical (unpaired) electrons. The van der Waals surface area contributed by atoms with E-state index in [2.05, 4.69) is 32.5 Å². The van der Waals surface area contributed by atoms with Gasteiger partial charge in [-0.05, 0) is 33.2 Å². The van der Waals surface area contributed by atoms with Crippen LogP contribution in [0.1, 0.15) is 25.5 Å². The number of fused-ring (bicyclic) bond motifs is 1. The van der Waals surface area contributed by atoms with Gasteiger partial charge in [0.15, 0.2) is 5.65 Å². The third-order valence-electron chi connectivity index (χ3n) is 4.52. The molecule has 0 amide bonds. The van der Waals surface area contributed by atoms with Crippen LogP contribution < -0.4 is 10.6 Å². The van der Waals surface area contributed by atoms with Gasteiger partial charge in [-0.3, -0.25) is 14.4 Å². The van der Waals surface area contributed by atoms with E-state index in [1.807, 2.05) is 23.7 Å². The van der Waals surface area contributed by atoms with Gasteiger partial charge in [0.2, 0.25) is 0 Å². The minimum absolute atomic E-state index is 0.372. The Morgan fingerprint density at radius 3 is 3.00 bits per heavy atom. The van der Waals surface area contributed by atoms with Crippen molar-refractivity contribution in [1.29, 1.82) is 0 Å². The van der Waals surface area contributed by atoms with Gasteiger partial charge in [0.1, 0.15) is 11.5 Å². The van der Waals surface area contributed by atoms with E-state index in [0.717, 1.165) is 41.5 Å². The highest BCUT2D eigenvalue weighted by molar-refractivity contribution is 5.60. The first-order valence-corrected chi connectivity index (χ1v) is 8.33. The first kappa shape index (κ1) is 15.0. The van der Waals surface area contributed by atoms with Crippen LogP contribution in [0.3, 0.4) is 0 Å². The summed E-state index contributed by atoms with van der Waals surface area (Å²) in [6.07, 6.45) is 11.4. The van der Waals surface area contributed by atoms with Crippen LogP contribution in [0.5, 0.6) is 0 Å². The van der Waals surface area contributed by atoms with Gasteiger partial charge in [-0.2, -0.15) is 0 Å². The summed E-state index contributed by atoms with van der Waals surface area (Å²) in [6.45, 7) is 5.25. The Balaban J connectivity index is 1.65. The van der Waals surface area contributed by atoms with Crippen LogP contribution >= 0.6 is 0 Å². The number of aryl methyl sites for hydroxylation is 1. The van der Waals surface area contributed by atoms with Crippen molar-refractivity contribution in [3.8, 4) is 11.4 Å². The maximum Gasteiger partial charge on any atom is 0.155 e. The number of hydrogen-bond donors (Lipinski definition) is 2. The lowest BCUT2D eigenvalue weighted by atomic mass is 10.00. The SMILES string of the molecule is Cc1cn2c(-c3cncc(N[C@@H]4CCCN[C@@H]4C)n3)cnc2cn1. The van der Waals surface area contributed by atoms with Crippen molar-refractivity contribution < 1.29 is 0 Å². The minimum Gasteiger partial charge on any atom is -0.364 e. The van der Waals surface area contributed by atoms with Gasteiger partial charge in [0.05, 0.1) is 36.2 Å². The smallest absolute Gasteiger partial charge is 0.155 e. The minimum atomic E-state index is 0.372. The van der Waals surface area contributed by atoms with E-state index in [-0.39, 0.29) is 0 Å². The first-order valence-electron chi connectivity index (χ1n) is 8.33. The second-order valence-electron chi connectivity index (χ2n) is 6.33. The highest BCUT2D eigenvalue weighted by Gasteiger charge is 2.21. The molecule has 7 nitrogen and oxygen atoms in total. The molecule has 0 bridgehead atoms. The molecule has 124 valence electrons. The molecule has 0 aromatic carbocycles. The summed E-state index contributed by atoms with van der Waals surface area (Å²) >= 11 is 0. The molecule has 1 aliphatic heterocycles. The third-order valence-corrected chi connectivity index (χ3v) is 4.52. The van der Waals surface area contributed by atoms with Crippen molar-refractivity contribution in [2.24, 2.45) is 0 Å². The number of hydrogen-bond acceptors (Lipinski definition) is 6. The van der Waals surface area contributed by atoms with Crippen LogP contribution in [0.4, 0.5) is 5.82 Å². The summed E-state index contributed by atoms with van der Waals surface area (Å²) in [5, 5.41) is 7.01. The van der Waals surface area contributed by atoms with Crippen molar-refractivity contribution in [3.63, 3.8) is 0 Å². The predicted molar refractivity (Wildman–Crippen MR) is 92.9 cm³/mol. The van der Waals surface area contributed by atoms with Crippen molar-refractivity contribution in [2.45, 2.75) is 38.8 Å². The van der Waals surface area contributed by atoms with Gasteiger partial charge in [-0.25, -0.2) is 9.97 Å². The first-order chi connectivity index (χ1) is 11.7. The fourth-order valence-electron chi connectivity index (χ4n) is 3.17.